The molecule has 2 unspecified atom stereocenters. The lowest BCUT2D eigenvalue weighted by atomic mass is 9.84. The highest BCUT2D eigenvalue weighted by atomic mass is 32.1. The zero-order chi connectivity index (χ0) is 25.9. The molecule has 4 aromatic heterocycles. The molecule has 0 aliphatic heterocycles. The lowest BCUT2D eigenvalue weighted by Gasteiger charge is -2.20. The minimum absolute atomic E-state index is 0.0292. The molecule has 2 atom stereocenters. The van der Waals surface area contributed by atoms with Gasteiger partial charge < -0.3 is 10.1 Å². The van der Waals surface area contributed by atoms with E-state index in [1.165, 1.54) is 11.3 Å². The van der Waals surface area contributed by atoms with Gasteiger partial charge in [0.25, 0.3) is 5.91 Å². The van der Waals surface area contributed by atoms with Gasteiger partial charge in [-0.15, -0.1) is 16.4 Å². The Bertz CT molecular complexity index is 1580. The first-order chi connectivity index (χ1) is 17.9. The molecule has 5 rings (SSSR count). The van der Waals surface area contributed by atoms with Gasteiger partial charge in [0.2, 0.25) is 5.88 Å². The molecular formula is C28H25N5O3S. The summed E-state index contributed by atoms with van der Waals surface area (Å²) in [6, 6.07) is 16.6. The number of anilines is 1. The van der Waals surface area contributed by atoms with E-state index >= 15 is 0 Å². The van der Waals surface area contributed by atoms with E-state index in [-0.39, 0.29) is 23.5 Å². The van der Waals surface area contributed by atoms with Crippen LogP contribution in [0.5, 0.6) is 11.6 Å². The number of ether oxygens (including phenoxy) is 1. The number of aryl methyl sites for hydroxylation is 1. The highest BCUT2D eigenvalue weighted by Gasteiger charge is 2.23. The second kappa shape index (κ2) is 10.3. The molecule has 0 saturated heterocycles. The predicted molar refractivity (Wildman–Crippen MR) is 143 cm³/mol. The molecule has 1 N–H and O–H groups in total. The van der Waals surface area contributed by atoms with Gasteiger partial charge in [0.15, 0.2) is 17.2 Å². The Hall–Kier alpha value is -4.37. The topological polar surface area (TPSA) is 98.5 Å². The van der Waals surface area contributed by atoms with Crippen LogP contribution >= 0.6 is 11.3 Å². The van der Waals surface area contributed by atoms with Crippen LogP contribution in [-0.2, 0) is 0 Å². The summed E-state index contributed by atoms with van der Waals surface area (Å²) in [6.45, 7) is 5.86. The number of Topliss-reactive ketones (excluding diaryl/α,β-unsaturated/α-hetero) is 1. The Morgan fingerprint density at radius 3 is 2.70 bits per heavy atom. The minimum atomic E-state index is -0.230. The van der Waals surface area contributed by atoms with Crippen molar-refractivity contribution in [2.75, 3.05) is 5.32 Å². The van der Waals surface area contributed by atoms with E-state index in [0.29, 0.717) is 33.5 Å². The lowest BCUT2D eigenvalue weighted by molar-refractivity contribution is 0.0914. The van der Waals surface area contributed by atoms with Crippen LogP contribution in [0.1, 0.15) is 50.9 Å². The molecule has 1 amide bonds. The van der Waals surface area contributed by atoms with Crippen molar-refractivity contribution in [2.45, 2.75) is 26.7 Å². The van der Waals surface area contributed by atoms with Crippen molar-refractivity contribution in [3.63, 3.8) is 0 Å². The average molecular weight is 512 g/mol. The number of rotatable bonds is 8. The quantitative estimate of drug-likeness (QED) is 0.251. The van der Waals surface area contributed by atoms with Crippen LogP contribution in [0.2, 0.25) is 0 Å². The molecule has 5 aromatic rings. The molecule has 186 valence electrons. The Kier molecular flexibility index (Phi) is 6.78. The Morgan fingerprint density at radius 2 is 1.95 bits per heavy atom. The molecule has 4 heterocycles. The van der Waals surface area contributed by atoms with E-state index in [2.05, 4.69) is 20.4 Å². The molecule has 1 aromatic carbocycles. The summed E-state index contributed by atoms with van der Waals surface area (Å²) in [5, 5.41) is 9.18. The third-order valence-corrected chi connectivity index (χ3v) is 7.34. The van der Waals surface area contributed by atoms with Crippen LogP contribution in [-0.4, -0.2) is 31.3 Å². The lowest BCUT2D eigenvalue weighted by Crippen LogP contribution is -2.18. The van der Waals surface area contributed by atoms with Crippen LogP contribution in [0.25, 0.3) is 5.65 Å². The largest absolute Gasteiger partial charge is 0.438 e. The monoisotopic (exact) mass is 511 g/mol. The molecule has 0 spiro atoms. The maximum atomic E-state index is 12.9. The van der Waals surface area contributed by atoms with E-state index < -0.39 is 0 Å². The zero-order valence-electron chi connectivity index (χ0n) is 20.6. The number of fused-ring (bicyclic) bond motifs is 1. The standard InChI is InChI=1S/C28H25N5O3S/c1-17-11-13-37-27(17)28(35)31-23-16-33-24(30-23)9-10-25(32-33)36-22-8-4-6-20(14-22)18(2)19(3)26(34)21-7-5-12-29-15-21/h4-16,18-19H,1-3H3,(H,31,35). The summed E-state index contributed by atoms with van der Waals surface area (Å²) in [7, 11) is 0. The fourth-order valence-electron chi connectivity index (χ4n) is 4.03. The Labute approximate surface area is 218 Å². The van der Waals surface area contributed by atoms with Gasteiger partial charge in [-0.05, 0) is 65.7 Å². The first-order valence-corrected chi connectivity index (χ1v) is 12.7. The number of thiophene rings is 1. The molecule has 0 fully saturated rings. The molecule has 0 bridgehead atoms. The zero-order valence-corrected chi connectivity index (χ0v) is 21.4. The van der Waals surface area contributed by atoms with Crippen molar-refractivity contribution in [2.24, 2.45) is 5.92 Å². The maximum absolute atomic E-state index is 12.9. The van der Waals surface area contributed by atoms with Gasteiger partial charge in [0.1, 0.15) is 5.75 Å². The van der Waals surface area contributed by atoms with Gasteiger partial charge >= 0.3 is 0 Å². The summed E-state index contributed by atoms with van der Waals surface area (Å²) < 4.78 is 7.59. The first kappa shape index (κ1) is 24.3. The summed E-state index contributed by atoms with van der Waals surface area (Å²) in [6.07, 6.45) is 4.90. The van der Waals surface area contributed by atoms with Crippen molar-refractivity contribution in [3.05, 3.63) is 100 Å². The summed E-state index contributed by atoms with van der Waals surface area (Å²) in [4.78, 5) is 34.5. The van der Waals surface area contributed by atoms with Gasteiger partial charge in [-0.3, -0.25) is 14.6 Å². The second-order valence-corrected chi connectivity index (χ2v) is 9.76. The maximum Gasteiger partial charge on any atom is 0.267 e. The van der Waals surface area contributed by atoms with Crippen molar-refractivity contribution in [1.29, 1.82) is 0 Å². The SMILES string of the molecule is Cc1ccsc1C(=O)Nc1cn2nc(Oc3cccc(C(C)C(C)C(=O)c4cccnc4)c3)ccc2n1. The number of benzene rings is 1. The van der Waals surface area contributed by atoms with Crippen LogP contribution in [0, 0.1) is 12.8 Å². The molecule has 0 aliphatic rings. The molecule has 8 nitrogen and oxygen atoms in total. The van der Waals surface area contributed by atoms with E-state index in [1.807, 2.05) is 56.5 Å². The third-order valence-electron chi connectivity index (χ3n) is 6.32. The predicted octanol–water partition coefficient (Wildman–Crippen LogP) is 6.16. The fraction of sp³-hybridized carbons (Fsp3) is 0.179. The number of carbonyl (C=O) groups is 2. The van der Waals surface area contributed by atoms with Gasteiger partial charge in [-0.2, -0.15) is 0 Å². The van der Waals surface area contributed by atoms with Crippen LogP contribution in [0.4, 0.5) is 5.82 Å². The van der Waals surface area contributed by atoms with Gasteiger partial charge in [0, 0.05) is 29.9 Å². The minimum Gasteiger partial charge on any atom is -0.438 e. The molecular weight excluding hydrogens is 486 g/mol. The van der Waals surface area contributed by atoms with Gasteiger partial charge in [-0.25, -0.2) is 9.50 Å². The van der Waals surface area contributed by atoms with Crippen LogP contribution in [0.3, 0.4) is 0 Å². The van der Waals surface area contributed by atoms with Gasteiger partial charge in [0.05, 0.1) is 11.1 Å². The van der Waals surface area contributed by atoms with Crippen molar-refractivity contribution in [1.82, 2.24) is 19.6 Å². The van der Waals surface area contributed by atoms with Gasteiger partial charge in [-0.1, -0.05) is 26.0 Å². The van der Waals surface area contributed by atoms with Crippen molar-refractivity contribution < 1.29 is 14.3 Å². The van der Waals surface area contributed by atoms with Crippen molar-refractivity contribution >= 4 is 34.5 Å². The number of hydrogen-bond acceptors (Lipinski definition) is 7. The van der Waals surface area contributed by atoms with Crippen molar-refractivity contribution in [3.8, 4) is 11.6 Å². The van der Waals surface area contributed by atoms with Crippen LogP contribution in [0.15, 0.2) is 78.6 Å². The Balaban J connectivity index is 1.30. The summed E-state index contributed by atoms with van der Waals surface area (Å²) >= 11 is 1.39. The molecule has 0 radical (unpaired) electrons. The number of nitrogens with one attached hydrogen (secondary N) is 1. The molecule has 37 heavy (non-hydrogen) atoms. The molecule has 0 aliphatic carbocycles. The number of hydrogen-bond donors (Lipinski definition) is 1. The normalized spacial score (nSPS) is 12.7. The van der Waals surface area contributed by atoms with E-state index in [1.54, 1.807) is 47.4 Å². The number of ketones is 1. The number of amides is 1. The highest BCUT2D eigenvalue weighted by molar-refractivity contribution is 7.12. The van der Waals surface area contributed by atoms with Crippen LogP contribution < -0.4 is 10.1 Å². The highest BCUT2D eigenvalue weighted by Crippen LogP contribution is 2.30. The smallest absolute Gasteiger partial charge is 0.267 e. The number of nitrogens with zero attached hydrogens (tertiary/aromatic N) is 4. The van der Waals surface area contributed by atoms with E-state index in [9.17, 15) is 9.59 Å². The number of carbonyl (C=O) groups excluding carboxylic acids is 2. The summed E-state index contributed by atoms with van der Waals surface area (Å²) in [5.41, 5.74) is 3.09. The number of imidazole rings is 1. The summed E-state index contributed by atoms with van der Waals surface area (Å²) in [5.74, 6) is 0.988. The number of aromatic nitrogens is 4. The van der Waals surface area contributed by atoms with E-state index in [0.717, 1.165) is 11.1 Å². The molecule has 9 heteroatoms. The number of pyridine rings is 1. The fourth-order valence-corrected chi connectivity index (χ4v) is 4.85. The second-order valence-electron chi connectivity index (χ2n) is 8.85. The first-order valence-electron chi connectivity index (χ1n) is 11.8. The molecule has 0 saturated carbocycles. The average Bonchev–Trinajstić information content (AvgIpc) is 3.53. The Morgan fingerprint density at radius 1 is 1.08 bits per heavy atom. The third kappa shape index (κ3) is 5.26. The van der Waals surface area contributed by atoms with E-state index in [4.69, 9.17) is 4.74 Å².